The molecule has 0 heterocycles. The quantitative estimate of drug-likeness (QED) is 0.468. The van der Waals surface area contributed by atoms with E-state index >= 15 is 0 Å². The zero-order valence-corrected chi connectivity index (χ0v) is 3.68. The maximum atomic E-state index is 8.18. The summed E-state index contributed by atoms with van der Waals surface area (Å²) in [4.78, 5) is 0. The third-order valence-electron chi connectivity index (χ3n) is 0.552. The van der Waals surface area contributed by atoms with Crippen molar-refractivity contribution < 1.29 is 10.2 Å². The van der Waals surface area contributed by atoms with Crippen LogP contribution in [0.5, 0.6) is 0 Å². The monoisotopic (exact) mass is 91.1 g/mol. The van der Waals surface area contributed by atoms with Crippen LogP contribution in [0.1, 0.15) is 12.8 Å². The maximum absolute atomic E-state index is 8.18. The fourth-order valence-electron chi connectivity index (χ4n) is 0.214. The summed E-state index contributed by atoms with van der Waals surface area (Å²) in [6.45, 7) is 0.629. The van der Waals surface area contributed by atoms with E-state index in [0.717, 1.165) is 12.8 Å². The Balaban J connectivity index is 2.45. The molecule has 0 atom stereocenters. The van der Waals surface area contributed by atoms with E-state index in [0.29, 0.717) is 6.61 Å². The van der Waals surface area contributed by atoms with Gasteiger partial charge in [0.1, 0.15) is 0 Å². The number of hydrogen-bond donors (Lipinski definition) is 2. The van der Waals surface area contributed by atoms with Crippen LogP contribution < -0.4 is 0 Å². The zero-order chi connectivity index (χ0) is 5.54. The average Bonchev–Trinajstić information content (AvgIpc) is 1.69. The van der Waals surface area contributed by atoms with Crippen molar-refractivity contribution in [3.8, 4) is 0 Å². The summed E-state index contributed by atoms with van der Waals surface area (Å²) < 4.78 is 6.20. The van der Waals surface area contributed by atoms with Gasteiger partial charge in [-0.2, -0.15) is 0 Å². The fourth-order valence-corrected chi connectivity index (χ4v) is 0.214. The van der Waals surface area contributed by atoms with E-state index < -0.39 is 0 Å². The number of rotatable bonds is 4. The smallest absolute Gasteiger partial charge is 0.210 e. The van der Waals surface area contributed by atoms with Gasteiger partial charge in [0.25, 0.3) is 0 Å². The molecule has 0 saturated carbocycles. The number of hydrogen-bond acceptors (Lipinski definition) is 2. The van der Waals surface area contributed by atoms with Crippen LogP contribution in [-0.4, -0.2) is 24.9 Å². The minimum absolute atomic E-state index is 0.198. The minimum atomic E-state index is 0.198. The van der Waals surface area contributed by atoms with Gasteiger partial charge < -0.3 is 10.2 Å². The molecule has 6 heavy (non-hydrogen) atoms. The lowest BCUT2D eigenvalue weighted by atomic mass is 10.3. The first-order valence-corrected chi connectivity index (χ1v) is 2.10. The average molecular weight is 91.1 g/mol. The van der Waals surface area contributed by atoms with Crippen molar-refractivity contribution in [2.45, 2.75) is 12.8 Å². The van der Waals surface area contributed by atoms with Gasteiger partial charge in [0.05, 0.1) is 0 Å². The highest BCUT2D eigenvalue weighted by Crippen LogP contribution is 1.80. The standard InChI is InChI=1S/C4H10O2/c5-3-1-2-4-6/h5-6H,1-4H2/i5D. The summed E-state index contributed by atoms with van der Waals surface area (Å²) in [6, 6.07) is 0. The lowest BCUT2D eigenvalue weighted by molar-refractivity contribution is 0.242. The summed E-state index contributed by atoms with van der Waals surface area (Å²) >= 11 is 0. The molecule has 0 aliphatic rings. The summed E-state index contributed by atoms with van der Waals surface area (Å²) in [5.41, 5.74) is 0. The molecule has 0 amide bonds. The first-order chi connectivity index (χ1) is 3.41. The summed E-state index contributed by atoms with van der Waals surface area (Å²) in [5.74, 6) is 0. The second-order valence-electron chi connectivity index (χ2n) is 1.13. The molecule has 2 heteroatoms. The predicted molar refractivity (Wildman–Crippen MR) is 23.4 cm³/mol. The molecular weight excluding hydrogens is 80.0 g/mol. The third kappa shape index (κ3) is 3.92. The molecule has 0 aromatic rings. The first kappa shape index (κ1) is 4.09. The molecule has 2 nitrogen and oxygen atoms in total. The highest BCUT2D eigenvalue weighted by Gasteiger charge is 1.77. The molecule has 0 radical (unpaired) electrons. The van der Waals surface area contributed by atoms with E-state index in [2.05, 4.69) is 5.11 Å². The molecule has 0 unspecified atom stereocenters. The van der Waals surface area contributed by atoms with Crippen LogP contribution in [0.4, 0.5) is 0 Å². The summed E-state index contributed by atoms with van der Waals surface area (Å²) in [7, 11) is 0. The van der Waals surface area contributed by atoms with Crippen molar-refractivity contribution in [3.05, 3.63) is 0 Å². The predicted octanol–water partition coefficient (Wildman–Crippen LogP) is -0.249. The third-order valence-corrected chi connectivity index (χ3v) is 0.552. The van der Waals surface area contributed by atoms with E-state index in [-0.39, 0.29) is 6.61 Å². The van der Waals surface area contributed by atoms with Crippen LogP contribution in [0.15, 0.2) is 0 Å². The molecule has 0 rings (SSSR count). The van der Waals surface area contributed by atoms with E-state index in [1.54, 1.807) is 0 Å². The van der Waals surface area contributed by atoms with E-state index in [9.17, 15) is 0 Å². The highest BCUT2D eigenvalue weighted by molar-refractivity contribution is 4.30. The number of aliphatic hydroxyl groups is 2. The highest BCUT2D eigenvalue weighted by atomic mass is 16.3. The van der Waals surface area contributed by atoms with E-state index in [4.69, 9.17) is 6.54 Å². The van der Waals surface area contributed by atoms with Gasteiger partial charge in [0, 0.05) is 13.2 Å². The fraction of sp³-hybridized carbons (Fsp3) is 1.00. The minimum Gasteiger partial charge on any atom is -0.396 e. The Morgan fingerprint density at radius 2 is 2.00 bits per heavy atom. The molecular formula is C4H10O2. The molecule has 0 bridgehead atoms. The van der Waals surface area contributed by atoms with Gasteiger partial charge in [-0.25, -0.2) is 0 Å². The Bertz CT molecular complexity index is 28.9. The zero-order valence-electron chi connectivity index (χ0n) is 4.68. The SMILES string of the molecule is [2H]OCCCCO. The Hall–Kier alpha value is -0.0800. The normalized spacial score (nSPS) is 11.2. The topological polar surface area (TPSA) is 40.5 Å². The van der Waals surface area contributed by atoms with Crippen molar-refractivity contribution in [2.24, 2.45) is 0 Å². The lowest BCUT2D eigenvalue weighted by Gasteiger charge is -1.85. The number of aliphatic hydroxyl groups excluding tert-OH is 2. The van der Waals surface area contributed by atoms with Crippen molar-refractivity contribution in [1.29, 1.82) is 1.43 Å². The molecule has 0 aromatic heterocycles. The molecule has 2 N–H and O–H groups in total. The lowest BCUT2D eigenvalue weighted by Crippen LogP contribution is -1.85. The molecule has 38 valence electrons. The molecule has 0 aromatic carbocycles. The van der Waals surface area contributed by atoms with Crippen molar-refractivity contribution >= 4 is 0 Å². The Morgan fingerprint density at radius 3 is 2.50 bits per heavy atom. The number of unbranched alkanes of at least 4 members (excludes halogenated alkanes) is 1. The summed E-state index contributed by atoms with van der Waals surface area (Å²) in [6.07, 6.45) is 1.51. The van der Waals surface area contributed by atoms with Crippen LogP contribution in [0.2, 0.25) is 0 Å². The van der Waals surface area contributed by atoms with Gasteiger partial charge >= 0.3 is 0 Å². The van der Waals surface area contributed by atoms with Crippen LogP contribution >= 0.6 is 0 Å². The van der Waals surface area contributed by atoms with Crippen molar-refractivity contribution in [1.82, 2.24) is 0 Å². The molecule has 0 fully saturated rings. The van der Waals surface area contributed by atoms with Crippen molar-refractivity contribution in [3.63, 3.8) is 0 Å². The molecule has 0 spiro atoms. The maximum Gasteiger partial charge on any atom is 0.210 e. The van der Waals surface area contributed by atoms with Gasteiger partial charge in [-0.1, -0.05) is 0 Å². The first-order valence-electron chi connectivity index (χ1n) is 2.51. The van der Waals surface area contributed by atoms with Crippen molar-refractivity contribution in [2.75, 3.05) is 13.2 Å². The van der Waals surface area contributed by atoms with Gasteiger partial charge in [0.2, 0.25) is 1.43 Å². The molecule has 0 saturated heterocycles. The summed E-state index contributed by atoms with van der Waals surface area (Å²) in [5, 5.41) is 12.2. The Labute approximate surface area is 38.9 Å². The second kappa shape index (κ2) is 4.92. The molecule has 0 aliphatic heterocycles. The molecule has 0 aliphatic carbocycles. The van der Waals surface area contributed by atoms with Crippen LogP contribution in [0.25, 0.3) is 0 Å². The Morgan fingerprint density at radius 1 is 1.33 bits per heavy atom. The van der Waals surface area contributed by atoms with Crippen LogP contribution in [-0.2, 0) is 0 Å². The van der Waals surface area contributed by atoms with Gasteiger partial charge in [-0.3, -0.25) is 0 Å². The second-order valence-corrected chi connectivity index (χ2v) is 1.13. The van der Waals surface area contributed by atoms with Gasteiger partial charge in [0.15, 0.2) is 0 Å². The van der Waals surface area contributed by atoms with Crippen LogP contribution in [0.3, 0.4) is 0 Å². The van der Waals surface area contributed by atoms with Gasteiger partial charge in [-0.15, -0.1) is 0 Å². The van der Waals surface area contributed by atoms with E-state index in [1.165, 1.54) is 0 Å². The van der Waals surface area contributed by atoms with Gasteiger partial charge in [-0.05, 0) is 12.8 Å². The van der Waals surface area contributed by atoms with E-state index in [1.807, 2.05) is 0 Å². The van der Waals surface area contributed by atoms with Crippen LogP contribution in [0, 0.1) is 0 Å². The Kier molecular flexibility index (Phi) is 3.35. The largest absolute Gasteiger partial charge is 0.396 e.